The standard InChI is InChI=1S/C20H21N3O2/c1-23(2)16-8-6-7-14(11-16)21-19-12-15(13-20(24)25-3)22-18-10-5-4-9-17(18)19/h4-12H,13H2,1-3H3,(H,21,22). The van der Waals surface area contributed by atoms with Crippen molar-refractivity contribution in [3.63, 3.8) is 0 Å². The summed E-state index contributed by atoms with van der Waals surface area (Å²) in [7, 11) is 5.40. The summed E-state index contributed by atoms with van der Waals surface area (Å²) in [5.41, 5.74) is 4.53. The van der Waals surface area contributed by atoms with E-state index in [1.165, 1.54) is 7.11 Å². The molecule has 0 bridgehead atoms. The van der Waals surface area contributed by atoms with Gasteiger partial charge < -0.3 is 15.0 Å². The number of ether oxygens (including phenoxy) is 1. The van der Waals surface area contributed by atoms with Crippen LogP contribution < -0.4 is 10.2 Å². The number of nitrogens with one attached hydrogen (secondary N) is 1. The van der Waals surface area contributed by atoms with Crippen molar-refractivity contribution in [2.75, 3.05) is 31.4 Å². The highest BCUT2D eigenvalue weighted by Crippen LogP contribution is 2.28. The van der Waals surface area contributed by atoms with E-state index in [2.05, 4.69) is 27.3 Å². The minimum atomic E-state index is -0.302. The molecule has 25 heavy (non-hydrogen) atoms. The van der Waals surface area contributed by atoms with Gasteiger partial charge in [0.05, 0.1) is 24.7 Å². The van der Waals surface area contributed by atoms with Crippen molar-refractivity contribution < 1.29 is 9.53 Å². The zero-order chi connectivity index (χ0) is 17.8. The normalized spacial score (nSPS) is 10.5. The molecular formula is C20H21N3O2. The number of carbonyl (C=O) groups is 1. The van der Waals surface area contributed by atoms with Crippen LogP contribution in [0.15, 0.2) is 54.6 Å². The first-order valence-electron chi connectivity index (χ1n) is 8.06. The van der Waals surface area contributed by atoms with Crippen LogP contribution in [0.25, 0.3) is 10.9 Å². The topological polar surface area (TPSA) is 54.5 Å². The second-order valence-electron chi connectivity index (χ2n) is 6.00. The molecular weight excluding hydrogens is 314 g/mol. The number of anilines is 3. The molecule has 128 valence electrons. The number of para-hydroxylation sites is 1. The molecule has 0 radical (unpaired) electrons. The minimum absolute atomic E-state index is 0.147. The first kappa shape index (κ1) is 16.8. The van der Waals surface area contributed by atoms with E-state index in [0.29, 0.717) is 5.69 Å². The number of methoxy groups -OCH3 is 1. The van der Waals surface area contributed by atoms with Crippen LogP contribution in [0.4, 0.5) is 17.1 Å². The number of pyridine rings is 1. The number of rotatable bonds is 5. The van der Waals surface area contributed by atoms with Crippen LogP contribution in [0.1, 0.15) is 5.69 Å². The Morgan fingerprint density at radius 2 is 1.92 bits per heavy atom. The molecule has 5 nitrogen and oxygen atoms in total. The Balaban J connectivity index is 2.01. The van der Waals surface area contributed by atoms with Gasteiger partial charge in [0.25, 0.3) is 0 Å². The Morgan fingerprint density at radius 1 is 1.12 bits per heavy atom. The molecule has 3 aromatic rings. The van der Waals surface area contributed by atoms with E-state index in [4.69, 9.17) is 4.74 Å². The number of aromatic nitrogens is 1. The van der Waals surface area contributed by atoms with Gasteiger partial charge in [-0.1, -0.05) is 24.3 Å². The van der Waals surface area contributed by atoms with E-state index < -0.39 is 0 Å². The number of esters is 1. The second-order valence-corrected chi connectivity index (χ2v) is 6.00. The molecule has 0 atom stereocenters. The molecule has 0 aliphatic carbocycles. The summed E-state index contributed by atoms with van der Waals surface area (Å²) in [5, 5.41) is 4.46. The average molecular weight is 335 g/mol. The smallest absolute Gasteiger partial charge is 0.311 e. The van der Waals surface area contributed by atoms with E-state index in [9.17, 15) is 4.79 Å². The summed E-state index contributed by atoms with van der Waals surface area (Å²) in [5.74, 6) is -0.302. The highest BCUT2D eigenvalue weighted by molar-refractivity contribution is 5.93. The molecule has 1 heterocycles. The number of benzene rings is 2. The zero-order valence-electron chi connectivity index (χ0n) is 14.6. The lowest BCUT2D eigenvalue weighted by Crippen LogP contribution is -2.09. The van der Waals surface area contributed by atoms with E-state index >= 15 is 0 Å². The fourth-order valence-electron chi connectivity index (χ4n) is 2.66. The van der Waals surface area contributed by atoms with Gasteiger partial charge in [0.15, 0.2) is 0 Å². The lowest BCUT2D eigenvalue weighted by molar-refractivity contribution is -0.139. The Kier molecular flexibility index (Phi) is 4.84. The number of carbonyl (C=O) groups excluding carboxylic acids is 1. The Labute approximate surface area is 147 Å². The summed E-state index contributed by atoms with van der Waals surface area (Å²) in [6.45, 7) is 0. The third-order valence-corrected chi connectivity index (χ3v) is 3.96. The second kappa shape index (κ2) is 7.21. The fourth-order valence-corrected chi connectivity index (χ4v) is 2.66. The molecule has 1 aromatic heterocycles. The van der Waals surface area contributed by atoms with Gasteiger partial charge in [-0.3, -0.25) is 9.78 Å². The summed E-state index contributed by atoms with van der Waals surface area (Å²) in [4.78, 5) is 18.2. The van der Waals surface area contributed by atoms with Crippen LogP contribution in [0.5, 0.6) is 0 Å². The largest absolute Gasteiger partial charge is 0.469 e. The van der Waals surface area contributed by atoms with Crippen LogP contribution in [0.3, 0.4) is 0 Å². The minimum Gasteiger partial charge on any atom is -0.469 e. The number of hydrogen-bond acceptors (Lipinski definition) is 5. The van der Waals surface area contributed by atoms with Crippen molar-refractivity contribution in [1.82, 2.24) is 4.98 Å². The van der Waals surface area contributed by atoms with Crippen LogP contribution in [-0.4, -0.2) is 32.2 Å². The Hall–Kier alpha value is -3.08. The van der Waals surface area contributed by atoms with Crippen molar-refractivity contribution >= 4 is 33.9 Å². The lowest BCUT2D eigenvalue weighted by Gasteiger charge is -2.16. The Bertz CT molecular complexity index is 906. The number of fused-ring (bicyclic) bond motifs is 1. The van der Waals surface area contributed by atoms with Crippen molar-refractivity contribution in [3.05, 3.63) is 60.3 Å². The lowest BCUT2D eigenvalue weighted by atomic mass is 10.1. The maximum Gasteiger partial charge on any atom is 0.311 e. The number of hydrogen-bond donors (Lipinski definition) is 1. The van der Waals surface area contributed by atoms with Crippen molar-refractivity contribution in [3.8, 4) is 0 Å². The first-order valence-corrected chi connectivity index (χ1v) is 8.06. The van der Waals surface area contributed by atoms with Crippen molar-refractivity contribution in [2.45, 2.75) is 6.42 Å². The van der Waals surface area contributed by atoms with E-state index in [0.717, 1.165) is 28.0 Å². The van der Waals surface area contributed by atoms with Crippen LogP contribution in [-0.2, 0) is 16.0 Å². The van der Waals surface area contributed by atoms with E-state index in [1.807, 2.05) is 56.6 Å². The molecule has 3 rings (SSSR count). The molecule has 0 saturated heterocycles. The van der Waals surface area contributed by atoms with Gasteiger partial charge in [-0.2, -0.15) is 0 Å². The maximum absolute atomic E-state index is 11.6. The van der Waals surface area contributed by atoms with E-state index in [-0.39, 0.29) is 12.4 Å². The number of nitrogens with zero attached hydrogens (tertiary/aromatic N) is 2. The molecule has 0 aliphatic rings. The van der Waals surface area contributed by atoms with Gasteiger partial charge in [0, 0.05) is 36.5 Å². The molecule has 0 aliphatic heterocycles. The highest BCUT2D eigenvalue weighted by atomic mass is 16.5. The summed E-state index contributed by atoms with van der Waals surface area (Å²) < 4.78 is 4.76. The fraction of sp³-hybridized carbons (Fsp3) is 0.200. The van der Waals surface area contributed by atoms with Gasteiger partial charge in [0.2, 0.25) is 0 Å². The maximum atomic E-state index is 11.6. The van der Waals surface area contributed by atoms with Crippen molar-refractivity contribution in [1.29, 1.82) is 0 Å². The van der Waals surface area contributed by atoms with Gasteiger partial charge in [-0.25, -0.2) is 0 Å². The monoisotopic (exact) mass is 335 g/mol. The SMILES string of the molecule is COC(=O)Cc1cc(Nc2cccc(N(C)C)c2)c2ccccc2n1. The van der Waals surface area contributed by atoms with Crippen LogP contribution in [0, 0.1) is 0 Å². The molecule has 0 unspecified atom stereocenters. The third-order valence-electron chi connectivity index (χ3n) is 3.96. The van der Waals surface area contributed by atoms with Crippen molar-refractivity contribution in [2.24, 2.45) is 0 Å². The van der Waals surface area contributed by atoms with Gasteiger partial charge in [-0.05, 0) is 30.3 Å². The zero-order valence-corrected chi connectivity index (χ0v) is 14.6. The molecule has 0 spiro atoms. The summed E-state index contributed by atoms with van der Waals surface area (Å²) in [6.07, 6.45) is 0.147. The molecule has 0 amide bonds. The summed E-state index contributed by atoms with van der Waals surface area (Å²) in [6, 6.07) is 17.9. The predicted molar refractivity (Wildman–Crippen MR) is 102 cm³/mol. The highest BCUT2D eigenvalue weighted by Gasteiger charge is 2.10. The first-order chi connectivity index (χ1) is 12.1. The molecule has 2 aromatic carbocycles. The van der Waals surface area contributed by atoms with Crippen LogP contribution in [0.2, 0.25) is 0 Å². The van der Waals surface area contributed by atoms with E-state index in [1.54, 1.807) is 0 Å². The van der Waals surface area contributed by atoms with Gasteiger partial charge in [-0.15, -0.1) is 0 Å². The molecule has 1 N–H and O–H groups in total. The van der Waals surface area contributed by atoms with Gasteiger partial charge in [0.1, 0.15) is 0 Å². The van der Waals surface area contributed by atoms with Gasteiger partial charge >= 0.3 is 5.97 Å². The third kappa shape index (κ3) is 3.88. The molecule has 5 heteroatoms. The Morgan fingerprint density at radius 3 is 2.68 bits per heavy atom. The average Bonchev–Trinajstić information content (AvgIpc) is 2.62. The molecule has 0 saturated carbocycles. The predicted octanol–water partition coefficient (Wildman–Crippen LogP) is 3.76. The quantitative estimate of drug-likeness (QED) is 0.720. The summed E-state index contributed by atoms with van der Waals surface area (Å²) >= 11 is 0. The molecule has 0 fully saturated rings. The van der Waals surface area contributed by atoms with Crippen LogP contribution >= 0.6 is 0 Å².